The zero-order valence-electron chi connectivity index (χ0n) is 10.1. The molecule has 0 N–H and O–H groups in total. The van der Waals surface area contributed by atoms with Crippen molar-refractivity contribution in [3.05, 3.63) is 63.3 Å². The molecule has 3 aromatic heterocycles. The average molecular weight is 272 g/mol. The molecule has 0 fully saturated rings. The minimum atomic E-state index is -0.639. The van der Waals surface area contributed by atoms with Crippen molar-refractivity contribution in [3.63, 3.8) is 0 Å². The summed E-state index contributed by atoms with van der Waals surface area (Å²) >= 11 is 0. The number of nitro groups is 1. The minimum absolute atomic E-state index is 0.00286. The molecule has 9 heteroatoms. The van der Waals surface area contributed by atoms with Crippen molar-refractivity contribution in [2.75, 3.05) is 0 Å². The van der Waals surface area contributed by atoms with Gasteiger partial charge in [0.25, 0.3) is 0 Å². The van der Waals surface area contributed by atoms with E-state index >= 15 is 0 Å². The zero-order valence-corrected chi connectivity index (χ0v) is 10.1. The lowest BCUT2D eigenvalue weighted by atomic mass is 10.4. The first-order valence-electron chi connectivity index (χ1n) is 5.62. The molecule has 3 heterocycles. The minimum Gasteiger partial charge on any atom is -0.358 e. The first kappa shape index (κ1) is 12.0. The second kappa shape index (κ2) is 4.53. The van der Waals surface area contributed by atoms with Crippen LogP contribution in [0.3, 0.4) is 0 Å². The lowest BCUT2D eigenvalue weighted by Gasteiger charge is -2.03. The van der Waals surface area contributed by atoms with Crippen molar-refractivity contribution >= 4 is 11.5 Å². The molecule has 0 bridgehead atoms. The second-order valence-electron chi connectivity index (χ2n) is 4.02. The molecule has 0 aliphatic carbocycles. The molecule has 3 rings (SSSR count). The van der Waals surface area contributed by atoms with Crippen molar-refractivity contribution in [2.45, 2.75) is 6.54 Å². The van der Waals surface area contributed by atoms with Gasteiger partial charge in [-0.1, -0.05) is 0 Å². The van der Waals surface area contributed by atoms with Crippen LogP contribution in [0.2, 0.25) is 0 Å². The molecule has 0 atom stereocenters. The highest BCUT2D eigenvalue weighted by Crippen LogP contribution is 2.08. The van der Waals surface area contributed by atoms with E-state index < -0.39 is 10.5 Å². The van der Waals surface area contributed by atoms with Crippen molar-refractivity contribution in [1.29, 1.82) is 0 Å². The lowest BCUT2D eigenvalue weighted by molar-refractivity contribution is -0.389. The molecule has 0 radical (unpaired) electrons. The fourth-order valence-electron chi connectivity index (χ4n) is 1.80. The summed E-state index contributed by atoms with van der Waals surface area (Å²) in [6, 6.07) is 0. The fourth-order valence-corrected chi connectivity index (χ4v) is 1.80. The van der Waals surface area contributed by atoms with Gasteiger partial charge >= 0.3 is 17.0 Å². The Morgan fingerprint density at radius 1 is 1.30 bits per heavy atom. The summed E-state index contributed by atoms with van der Waals surface area (Å²) < 4.78 is 2.70. The average Bonchev–Trinajstić information content (AvgIpc) is 2.88. The van der Waals surface area contributed by atoms with E-state index in [0.29, 0.717) is 5.69 Å². The summed E-state index contributed by atoms with van der Waals surface area (Å²) in [5.41, 5.74) is 0.189. The van der Waals surface area contributed by atoms with Crippen LogP contribution in [0.1, 0.15) is 5.69 Å². The number of hydrogen-bond acceptors (Lipinski definition) is 6. The monoisotopic (exact) mass is 272 g/mol. The Labute approximate surface area is 111 Å². The standard InChI is InChI=1S/C11H8N6O3/c18-11-10-14-9(17(19)20)7-15(10)3-4-16(11)6-8-5-12-1-2-13-8/h1-5,7H,6H2. The smallest absolute Gasteiger partial charge is 0.358 e. The molecule has 20 heavy (non-hydrogen) atoms. The molecular weight excluding hydrogens is 264 g/mol. The van der Waals surface area contributed by atoms with Gasteiger partial charge in [-0.2, -0.15) is 0 Å². The van der Waals surface area contributed by atoms with Crippen LogP contribution in [0.4, 0.5) is 5.82 Å². The SMILES string of the molecule is O=c1c2nc([N+](=O)[O-])cn2ccn1Cc1cnccn1. The molecule has 0 aromatic carbocycles. The Hall–Kier alpha value is -3.10. The molecule has 0 spiro atoms. The maximum absolute atomic E-state index is 12.2. The van der Waals surface area contributed by atoms with E-state index in [0.717, 1.165) is 0 Å². The van der Waals surface area contributed by atoms with Gasteiger partial charge < -0.3 is 14.7 Å². The normalized spacial score (nSPS) is 10.8. The highest BCUT2D eigenvalue weighted by Gasteiger charge is 2.17. The molecule has 0 aliphatic heterocycles. The molecule has 0 saturated heterocycles. The molecule has 100 valence electrons. The molecular formula is C11H8N6O3. The van der Waals surface area contributed by atoms with Gasteiger partial charge in [0.2, 0.25) is 0 Å². The van der Waals surface area contributed by atoms with Gasteiger partial charge in [-0.3, -0.25) is 19.2 Å². The van der Waals surface area contributed by atoms with Crippen LogP contribution in [0.15, 0.2) is 42.0 Å². The van der Waals surface area contributed by atoms with E-state index in [1.165, 1.54) is 40.0 Å². The Morgan fingerprint density at radius 3 is 2.85 bits per heavy atom. The lowest BCUT2D eigenvalue weighted by Crippen LogP contribution is -2.22. The third-order valence-electron chi connectivity index (χ3n) is 2.71. The van der Waals surface area contributed by atoms with Crippen molar-refractivity contribution < 1.29 is 4.92 Å². The summed E-state index contributed by atoms with van der Waals surface area (Å²) in [4.78, 5) is 33.9. The van der Waals surface area contributed by atoms with Crippen LogP contribution in [0.25, 0.3) is 5.65 Å². The number of nitrogens with zero attached hydrogens (tertiary/aromatic N) is 6. The third kappa shape index (κ3) is 2.00. The van der Waals surface area contributed by atoms with Gasteiger partial charge in [-0.25, -0.2) is 0 Å². The summed E-state index contributed by atoms with van der Waals surface area (Å²) in [5.74, 6) is -0.362. The van der Waals surface area contributed by atoms with Gasteiger partial charge in [0.05, 0.1) is 18.4 Å². The third-order valence-corrected chi connectivity index (χ3v) is 2.71. The predicted octanol–water partition coefficient (Wildman–Crippen LogP) is 0.242. The summed E-state index contributed by atoms with van der Waals surface area (Å²) in [5, 5.41) is 10.7. The van der Waals surface area contributed by atoms with Crippen LogP contribution in [0.5, 0.6) is 0 Å². The summed E-state index contributed by atoms with van der Waals surface area (Å²) in [7, 11) is 0. The molecule has 0 saturated carbocycles. The van der Waals surface area contributed by atoms with E-state index in [4.69, 9.17) is 0 Å². The summed E-state index contributed by atoms with van der Waals surface area (Å²) in [6.07, 6.45) is 8.86. The van der Waals surface area contributed by atoms with Crippen molar-refractivity contribution in [1.82, 2.24) is 23.9 Å². The number of fused-ring (bicyclic) bond motifs is 1. The number of hydrogen-bond donors (Lipinski definition) is 0. The van der Waals surface area contributed by atoms with Gasteiger partial charge in [-0.05, 0) is 9.91 Å². The maximum Gasteiger partial charge on any atom is 0.382 e. The van der Waals surface area contributed by atoms with Gasteiger partial charge in [0, 0.05) is 24.8 Å². The number of aromatic nitrogens is 5. The molecule has 0 unspecified atom stereocenters. The zero-order chi connectivity index (χ0) is 14.1. The largest absolute Gasteiger partial charge is 0.382 e. The van der Waals surface area contributed by atoms with Gasteiger partial charge in [0.15, 0.2) is 0 Å². The first-order chi connectivity index (χ1) is 9.65. The van der Waals surface area contributed by atoms with Crippen LogP contribution in [-0.2, 0) is 6.54 Å². The Kier molecular flexibility index (Phi) is 2.71. The molecule has 0 amide bonds. The Bertz CT molecular complexity index is 838. The van der Waals surface area contributed by atoms with E-state index in [1.807, 2.05) is 0 Å². The van der Waals surface area contributed by atoms with Gasteiger partial charge in [0.1, 0.15) is 6.20 Å². The van der Waals surface area contributed by atoms with Crippen LogP contribution in [0, 0.1) is 10.1 Å². The molecule has 0 aliphatic rings. The predicted molar refractivity (Wildman–Crippen MR) is 67.2 cm³/mol. The number of rotatable bonds is 3. The fraction of sp³-hybridized carbons (Fsp3) is 0.0909. The first-order valence-corrected chi connectivity index (χ1v) is 5.62. The Morgan fingerprint density at radius 2 is 2.15 bits per heavy atom. The van der Waals surface area contributed by atoms with E-state index in [2.05, 4.69) is 15.0 Å². The van der Waals surface area contributed by atoms with E-state index in [-0.39, 0.29) is 18.0 Å². The quantitative estimate of drug-likeness (QED) is 0.499. The van der Waals surface area contributed by atoms with Gasteiger partial charge in [-0.15, -0.1) is 0 Å². The van der Waals surface area contributed by atoms with Crippen LogP contribution in [-0.4, -0.2) is 28.8 Å². The van der Waals surface area contributed by atoms with E-state index in [1.54, 1.807) is 6.20 Å². The summed E-state index contributed by atoms with van der Waals surface area (Å²) in [6.45, 7) is 0.226. The highest BCUT2D eigenvalue weighted by atomic mass is 16.6. The van der Waals surface area contributed by atoms with Crippen LogP contribution >= 0.6 is 0 Å². The topological polar surface area (TPSA) is 108 Å². The van der Waals surface area contributed by atoms with Crippen molar-refractivity contribution in [2.24, 2.45) is 0 Å². The molecule has 9 nitrogen and oxygen atoms in total. The highest BCUT2D eigenvalue weighted by molar-refractivity contribution is 5.41. The number of imidazole rings is 1. The molecule has 3 aromatic rings. The van der Waals surface area contributed by atoms with Crippen LogP contribution < -0.4 is 5.56 Å². The van der Waals surface area contributed by atoms with E-state index in [9.17, 15) is 14.9 Å². The second-order valence-corrected chi connectivity index (χ2v) is 4.02. The Balaban J connectivity index is 2.07. The van der Waals surface area contributed by atoms with Crippen molar-refractivity contribution in [3.8, 4) is 0 Å². The maximum atomic E-state index is 12.2.